The van der Waals surface area contributed by atoms with Gasteiger partial charge in [0.2, 0.25) is 5.91 Å². The predicted molar refractivity (Wildman–Crippen MR) is 110 cm³/mol. The lowest BCUT2D eigenvalue weighted by Crippen LogP contribution is -2.33. The van der Waals surface area contributed by atoms with E-state index < -0.39 is 6.04 Å². The first-order valence-corrected chi connectivity index (χ1v) is 9.41. The molecule has 146 valence electrons. The minimum atomic E-state index is -0.446. The lowest BCUT2D eigenvalue weighted by Gasteiger charge is -2.24. The fourth-order valence-electron chi connectivity index (χ4n) is 3.62. The van der Waals surface area contributed by atoms with Crippen LogP contribution in [0.1, 0.15) is 34.1 Å². The Morgan fingerprint density at radius 2 is 1.83 bits per heavy atom. The fourth-order valence-corrected chi connectivity index (χ4v) is 3.62. The van der Waals surface area contributed by atoms with Gasteiger partial charge in [0.15, 0.2) is 0 Å². The Balaban J connectivity index is 1.55. The van der Waals surface area contributed by atoms with Gasteiger partial charge < -0.3 is 10.1 Å². The van der Waals surface area contributed by atoms with Crippen LogP contribution in [0.5, 0.6) is 5.75 Å². The molecule has 1 N–H and O–H groups in total. The molecule has 2 heterocycles. The summed E-state index contributed by atoms with van der Waals surface area (Å²) in [5.41, 5.74) is 2.81. The van der Waals surface area contributed by atoms with Gasteiger partial charge in [-0.1, -0.05) is 36.4 Å². The van der Waals surface area contributed by atoms with Crippen molar-refractivity contribution >= 4 is 17.5 Å². The van der Waals surface area contributed by atoms with Crippen molar-refractivity contribution in [2.45, 2.75) is 19.0 Å². The Bertz CT molecular complexity index is 1040. The van der Waals surface area contributed by atoms with E-state index in [2.05, 4.69) is 10.3 Å². The van der Waals surface area contributed by atoms with Crippen molar-refractivity contribution in [3.63, 3.8) is 0 Å². The van der Waals surface area contributed by atoms with Crippen LogP contribution in [0.4, 0.5) is 5.69 Å². The molecule has 6 heteroatoms. The number of nitrogens with one attached hydrogen (secondary N) is 1. The number of fused-ring (bicyclic) bond motifs is 1. The van der Waals surface area contributed by atoms with Crippen molar-refractivity contribution in [1.82, 2.24) is 10.3 Å². The molecule has 4 rings (SSSR count). The number of para-hydroxylation sites is 2. The van der Waals surface area contributed by atoms with Gasteiger partial charge >= 0.3 is 0 Å². The number of amides is 2. The number of ether oxygens (including phenoxy) is 1. The molecule has 0 radical (unpaired) electrons. The maximum Gasteiger partial charge on any atom is 0.260 e. The van der Waals surface area contributed by atoms with Crippen molar-refractivity contribution in [3.05, 3.63) is 89.7 Å². The van der Waals surface area contributed by atoms with E-state index >= 15 is 0 Å². The Morgan fingerprint density at radius 3 is 2.62 bits per heavy atom. The fraction of sp³-hybridized carbons (Fsp3) is 0.174. The SMILES string of the molecule is COc1ccccc1CNC(=O)C[C@H]1c2ncccc2C(=O)N1c1ccccc1. The van der Waals surface area contributed by atoms with E-state index in [-0.39, 0.29) is 18.2 Å². The number of hydrogen-bond acceptors (Lipinski definition) is 4. The number of carbonyl (C=O) groups excluding carboxylic acids is 2. The molecule has 1 aromatic heterocycles. The molecule has 0 spiro atoms. The molecule has 6 nitrogen and oxygen atoms in total. The second-order valence-electron chi connectivity index (χ2n) is 6.76. The summed E-state index contributed by atoms with van der Waals surface area (Å²) >= 11 is 0. The average molecular weight is 387 g/mol. The monoisotopic (exact) mass is 387 g/mol. The average Bonchev–Trinajstić information content (AvgIpc) is 3.05. The summed E-state index contributed by atoms with van der Waals surface area (Å²) in [4.78, 5) is 31.8. The summed E-state index contributed by atoms with van der Waals surface area (Å²) in [7, 11) is 1.60. The first-order valence-electron chi connectivity index (χ1n) is 9.41. The molecule has 1 aliphatic rings. The van der Waals surface area contributed by atoms with Crippen LogP contribution in [-0.2, 0) is 11.3 Å². The van der Waals surface area contributed by atoms with Crippen LogP contribution in [0.15, 0.2) is 72.9 Å². The summed E-state index contributed by atoms with van der Waals surface area (Å²) in [5, 5.41) is 2.93. The highest BCUT2D eigenvalue weighted by molar-refractivity contribution is 6.11. The van der Waals surface area contributed by atoms with Crippen LogP contribution in [-0.4, -0.2) is 23.9 Å². The van der Waals surface area contributed by atoms with E-state index in [9.17, 15) is 9.59 Å². The standard InChI is InChI=1S/C23H21N3O3/c1-29-20-12-6-5-8-16(20)15-25-21(27)14-19-22-18(11-7-13-24-22)23(28)26(19)17-9-3-2-4-10-17/h2-13,19H,14-15H2,1H3,(H,25,27)/t19-/m0/s1. The molecule has 3 aromatic rings. The molecule has 1 atom stereocenters. The van der Waals surface area contributed by atoms with Crippen LogP contribution < -0.4 is 15.0 Å². The molecule has 29 heavy (non-hydrogen) atoms. The zero-order valence-electron chi connectivity index (χ0n) is 16.0. The number of rotatable bonds is 6. The second kappa shape index (κ2) is 8.14. The molecule has 0 bridgehead atoms. The summed E-state index contributed by atoms with van der Waals surface area (Å²) in [5.74, 6) is 0.428. The molecule has 1 aliphatic heterocycles. The maximum atomic E-state index is 13.0. The zero-order chi connectivity index (χ0) is 20.2. The third-order valence-electron chi connectivity index (χ3n) is 5.00. The number of hydrogen-bond donors (Lipinski definition) is 1. The molecular formula is C23H21N3O3. The lowest BCUT2D eigenvalue weighted by molar-refractivity contribution is -0.121. The first-order chi connectivity index (χ1) is 14.2. The van der Waals surface area contributed by atoms with Crippen LogP contribution in [0.25, 0.3) is 0 Å². The molecule has 2 aromatic carbocycles. The van der Waals surface area contributed by atoms with E-state index in [4.69, 9.17) is 4.74 Å². The van der Waals surface area contributed by atoms with Crippen molar-refractivity contribution in [2.75, 3.05) is 12.0 Å². The van der Waals surface area contributed by atoms with Gasteiger partial charge in [0.25, 0.3) is 5.91 Å². The highest BCUT2D eigenvalue weighted by Crippen LogP contribution is 2.38. The van der Waals surface area contributed by atoms with Crippen molar-refractivity contribution < 1.29 is 14.3 Å². The van der Waals surface area contributed by atoms with E-state index in [0.29, 0.717) is 17.8 Å². The Labute approximate surface area is 169 Å². The van der Waals surface area contributed by atoms with Gasteiger partial charge in [-0.2, -0.15) is 0 Å². The number of nitrogens with zero attached hydrogens (tertiary/aromatic N) is 2. The van der Waals surface area contributed by atoms with Gasteiger partial charge in [0.05, 0.1) is 30.8 Å². The van der Waals surface area contributed by atoms with Crippen molar-refractivity contribution in [3.8, 4) is 5.75 Å². The number of carbonyl (C=O) groups is 2. The van der Waals surface area contributed by atoms with E-state index in [1.807, 2.05) is 54.6 Å². The number of pyridine rings is 1. The van der Waals surface area contributed by atoms with E-state index in [1.54, 1.807) is 30.3 Å². The highest BCUT2D eigenvalue weighted by Gasteiger charge is 2.39. The van der Waals surface area contributed by atoms with E-state index in [0.717, 1.165) is 17.0 Å². The summed E-state index contributed by atoms with van der Waals surface area (Å²) in [6.07, 6.45) is 1.78. The van der Waals surface area contributed by atoms with Gasteiger partial charge in [-0.05, 0) is 30.3 Å². The minimum absolute atomic E-state index is 0.125. The third kappa shape index (κ3) is 3.69. The van der Waals surface area contributed by atoms with Gasteiger partial charge in [-0.3, -0.25) is 19.5 Å². The topological polar surface area (TPSA) is 71.5 Å². The summed E-state index contributed by atoms with van der Waals surface area (Å²) in [6, 6.07) is 20.0. The van der Waals surface area contributed by atoms with Crippen LogP contribution in [0.2, 0.25) is 0 Å². The molecule has 0 aliphatic carbocycles. The molecule has 0 saturated carbocycles. The van der Waals surface area contributed by atoms with Crippen LogP contribution >= 0.6 is 0 Å². The Kier molecular flexibility index (Phi) is 5.24. The molecule has 0 fully saturated rings. The molecular weight excluding hydrogens is 366 g/mol. The summed E-state index contributed by atoms with van der Waals surface area (Å²) in [6.45, 7) is 0.351. The predicted octanol–water partition coefficient (Wildman–Crippen LogP) is 3.50. The lowest BCUT2D eigenvalue weighted by atomic mass is 10.1. The quantitative estimate of drug-likeness (QED) is 0.703. The van der Waals surface area contributed by atoms with Crippen LogP contribution in [0, 0.1) is 0 Å². The van der Waals surface area contributed by atoms with Crippen molar-refractivity contribution in [1.29, 1.82) is 0 Å². The molecule has 2 amide bonds. The third-order valence-corrected chi connectivity index (χ3v) is 5.00. The second-order valence-corrected chi connectivity index (χ2v) is 6.76. The minimum Gasteiger partial charge on any atom is -0.496 e. The number of anilines is 1. The summed E-state index contributed by atoms with van der Waals surface area (Å²) < 4.78 is 5.33. The van der Waals surface area contributed by atoms with Gasteiger partial charge in [0.1, 0.15) is 5.75 Å². The zero-order valence-corrected chi connectivity index (χ0v) is 16.0. The van der Waals surface area contributed by atoms with E-state index in [1.165, 1.54) is 0 Å². The number of methoxy groups -OCH3 is 1. The first kappa shape index (κ1) is 18.7. The number of benzene rings is 2. The largest absolute Gasteiger partial charge is 0.496 e. The molecule has 0 saturated heterocycles. The number of aromatic nitrogens is 1. The van der Waals surface area contributed by atoms with Gasteiger partial charge in [-0.15, -0.1) is 0 Å². The highest BCUT2D eigenvalue weighted by atomic mass is 16.5. The maximum absolute atomic E-state index is 13.0. The van der Waals surface area contributed by atoms with Gasteiger partial charge in [-0.25, -0.2) is 0 Å². The Morgan fingerprint density at radius 1 is 1.07 bits per heavy atom. The van der Waals surface area contributed by atoms with Crippen LogP contribution in [0.3, 0.4) is 0 Å². The molecule has 0 unspecified atom stereocenters. The van der Waals surface area contributed by atoms with Gasteiger partial charge in [0, 0.05) is 24.0 Å². The Hall–Kier alpha value is -3.67. The normalized spacial score (nSPS) is 15.1. The van der Waals surface area contributed by atoms with Crippen molar-refractivity contribution in [2.24, 2.45) is 0 Å². The smallest absolute Gasteiger partial charge is 0.260 e.